The Labute approximate surface area is 147 Å². The highest BCUT2D eigenvalue weighted by Crippen LogP contribution is 2.39. The van der Waals surface area contributed by atoms with E-state index < -0.39 is 41.8 Å². The van der Waals surface area contributed by atoms with Crippen molar-refractivity contribution >= 4 is 23.4 Å². The van der Waals surface area contributed by atoms with Crippen molar-refractivity contribution in [3.63, 3.8) is 0 Å². The van der Waals surface area contributed by atoms with Crippen molar-refractivity contribution in [3.05, 3.63) is 77.1 Å². The SMILES string of the molecule is O=C(O)CN1C(=O)C(=O)/C(=C(\O)c2ccccc2)C1c1ccccc1F. The Balaban J connectivity index is 2.24. The molecule has 3 rings (SSSR count). The summed E-state index contributed by atoms with van der Waals surface area (Å²) in [5.41, 5.74) is -0.139. The average molecular weight is 355 g/mol. The van der Waals surface area contributed by atoms with Gasteiger partial charge in [-0.25, -0.2) is 4.39 Å². The van der Waals surface area contributed by atoms with E-state index in [4.69, 9.17) is 5.11 Å². The van der Waals surface area contributed by atoms with Gasteiger partial charge in [-0.1, -0.05) is 48.5 Å². The molecule has 6 nitrogen and oxygen atoms in total. The molecule has 1 saturated heterocycles. The molecule has 2 N–H and O–H groups in total. The normalized spacial score (nSPS) is 19.0. The number of hydrogen-bond donors (Lipinski definition) is 2. The van der Waals surface area contributed by atoms with Gasteiger partial charge in [0.15, 0.2) is 0 Å². The van der Waals surface area contributed by atoms with Crippen molar-refractivity contribution in [2.24, 2.45) is 0 Å². The van der Waals surface area contributed by atoms with Gasteiger partial charge >= 0.3 is 5.97 Å². The molecule has 1 aliphatic heterocycles. The van der Waals surface area contributed by atoms with Crippen LogP contribution < -0.4 is 0 Å². The smallest absolute Gasteiger partial charge is 0.323 e. The summed E-state index contributed by atoms with van der Waals surface area (Å²) in [4.78, 5) is 36.7. The first-order valence-corrected chi connectivity index (χ1v) is 7.72. The lowest BCUT2D eigenvalue weighted by molar-refractivity contribution is -0.146. The lowest BCUT2D eigenvalue weighted by atomic mass is 9.95. The molecular formula is C19H14FNO5. The highest BCUT2D eigenvalue weighted by Gasteiger charge is 2.47. The second-order valence-corrected chi connectivity index (χ2v) is 5.71. The van der Waals surface area contributed by atoms with Crippen molar-refractivity contribution in [3.8, 4) is 0 Å². The standard InChI is InChI=1S/C19H14FNO5/c20-13-9-5-4-8-12(13)16-15(17(24)11-6-2-1-3-7-11)18(25)19(26)21(16)10-14(22)23/h1-9,16,24H,10H2,(H,22,23)/b17-15-. The number of nitrogens with zero attached hydrogens (tertiary/aromatic N) is 1. The number of carbonyl (C=O) groups excluding carboxylic acids is 2. The van der Waals surface area contributed by atoms with Gasteiger partial charge in [-0.05, 0) is 6.07 Å². The molecule has 0 bridgehead atoms. The summed E-state index contributed by atoms with van der Waals surface area (Å²) in [6.45, 7) is -0.796. The first-order valence-electron chi connectivity index (χ1n) is 7.72. The van der Waals surface area contributed by atoms with E-state index in [-0.39, 0.29) is 16.7 Å². The van der Waals surface area contributed by atoms with Crippen LogP contribution in [0, 0.1) is 5.82 Å². The molecule has 2 aromatic carbocycles. The highest BCUT2D eigenvalue weighted by atomic mass is 19.1. The third-order valence-corrected chi connectivity index (χ3v) is 4.09. The van der Waals surface area contributed by atoms with Crippen molar-refractivity contribution in [2.75, 3.05) is 6.54 Å². The Morgan fingerprint density at radius 2 is 1.62 bits per heavy atom. The number of benzene rings is 2. The van der Waals surface area contributed by atoms with Crippen LogP contribution in [0.3, 0.4) is 0 Å². The van der Waals surface area contributed by atoms with Gasteiger partial charge in [-0.3, -0.25) is 14.4 Å². The van der Waals surface area contributed by atoms with Gasteiger partial charge in [0, 0.05) is 11.1 Å². The predicted octanol–water partition coefficient (Wildman–Crippen LogP) is 2.33. The van der Waals surface area contributed by atoms with Crippen LogP contribution in [-0.4, -0.2) is 39.3 Å². The van der Waals surface area contributed by atoms with E-state index in [2.05, 4.69) is 0 Å². The van der Waals surface area contributed by atoms with Crippen LogP contribution in [0.2, 0.25) is 0 Å². The van der Waals surface area contributed by atoms with Crippen LogP contribution in [0.1, 0.15) is 17.2 Å². The van der Waals surface area contributed by atoms with Gasteiger partial charge in [0.1, 0.15) is 18.1 Å². The zero-order valence-electron chi connectivity index (χ0n) is 13.4. The fourth-order valence-corrected chi connectivity index (χ4v) is 2.96. The van der Waals surface area contributed by atoms with Crippen LogP contribution in [-0.2, 0) is 14.4 Å². The molecule has 1 aliphatic rings. The molecule has 0 aliphatic carbocycles. The molecule has 0 aromatic heterocycles. The molecule has 1 heterocycles. The quantitative estimate of drug-likeness (QED) is 0.499. The zero-order chi connectivity index (χ0) is 18.8. The largest absolute Gasteiger partial charge is 0.507 e. The molecule has 1 atom stereocenters. The van der Waals surface area contributed by atoms with Gasteiger partial charge in [-0.15, -0.1) is 0 Å². The molecule has 0 saturated carbocycles. The van der Waals surface area contributed by atoms with E-state index in [0.717, 1.165) is 11.0 Å². The zero-order valence-corrected chi connectivity index (χ0v) is 13.4. The van der Waals surface area contributed by atoms with E-state index in [1.807, 2.05) is 0 Å². The average Bonchev–Trinajstić information content (AvgIpc) is 2.87. The number of aliphatic hydroxyl groups excluding tert-OH is 1. The Hall–Kier alpha value is -3.48. The summed E-state index contributed by atoms with van der Waals surface area (Å²) in [5.74, 6) is -4.70. The monoisotopic (exact) mass is 355 g/mol. The van der Waals surface area contributed by atoms with Crippen molar-refractivity contribution in [1.29, 1.82) is 0 Å². The Morgan fingerprint density at radius 1 is 1.00 bits per heavy atom. The maximum atomic E-state index is 14.3. The number of hydrogen-bond acceptors (Lipinski definition) is 4. The minimum atomic E-state index is -1.35. The maximum Gasteiger partial charge on any atom is 0.323 e. The number of carbonyl (C=O) groups is 3. The number of ketones is 1. The number of aliphatic hydroxyl groups is 1. The van der Waals surface area contributed by atoms with Crippen LogP contribution in [0.5, 0.6) is 0 Å². The van der Waals surface area contributed by atoms with Crippen molar-refractivity contribution in [2.45, 2.75) is 6.04 Å². The number of carboxylic acid groups (broad SMARTS) is 1. The molecule has 1 unspecified atom stereocenters. The van der Waals surface area contributed by atoms with Crippen molar-refractivity contribution < 1.29 is 29.0 Å². The predicted molar refractivity (Wildman–Crippen MR) is 89.5 cm³/mol. The molecule has 0 radical (unpaired) electrons. The number of carboxylic acids is 1. The molecule has 2 aromatic rings. The topological polar surface area (TPSA) is 94.9 Å². The first kappa shape index (κ1) is 17.3. The third-order valence-electron chi connectivity index (χ3n) is 4.09. The minimum Gasteiger partial charge on any atom is -0.507 e. The lowest BCUT2D eigenvalue weighted by Gasteiger charge is -2.24. The highest BCUT2D eigenvalue weighted by molar-refractivity contribution is 6.46. The van der Waals surface area contributed by atoms with Gasteiger partial charge < -0.3 is 15.1 Å². The molecule has 26 heavy (non-hydrogen) atoms. The molecule has 1 fully saturated rings. The third kappa shape index (κ3) is 2.95. The fourth-order valence-electron chi connectivity index (χ4n) is 2.96. The number of Topliss-reactive ketones (excluding diaryl/α,β-unsaturated/α-hetero) is 1. The summed E-state index contributed by atoms with van der Waals surface area (Å²) in [6.07, 6.45) is 0. The van der Waals surface area contributed by atoms with E-state index in [9.17, 15) is 23.9 Å². The summed E-state index contributed by atoms with van der Waals surface area (Å²) in [5, 5.41) is 19.7. The number of halogens is 1. The van der Waals surface area contributed by atoms with Crippen LogP contribution in [0.25, 0.3) is 5.76 Å². The lowest BCUT2D eigenvalue weighted by Crippen LogP contribution is -2.34. The van der Waals surface area contributed by atoms with Crippen molar-refractivity contribution in [1.82, 2.24) is 4.90 Å². The molecule has 132 valence electrons. The second-order valence-electron chi connectivity index (χ2n) is 5.71. The number of aliphatic carboxylic acids is 1. The first-order chi connectivity index (χ1) is 12.4. The van der Waals surface area contributed by atoms with Crippen LogP contribution >= 0.6 is 0 Å². The van der Waals surface area contributed by atoms with Crippen LogP contribution in [0.15, 0.2) is 60.2 Å². The van der Waals surface area contributed by atoms with Gasteiger partial charge in [0.2, 0.25) is 0 Å². The van der Waals surface area contributed by atoms with Crippen LogP contribution in [0.4, 0.5) is 4.39 Å². The Bertz CT molecular complexity index is 923. The fraction of sp³-hybridized carbons (Fsp3) is 0.105. The van der Waals surface area contributed by atoms with Gasteiger partial charge in [0.25, 0.3) is 11.7 Å². The summed E-state index contributed by atoms with van der Waals surface area (Å²) < 4.78 is 14.3. The summed E-state index contributed by atoms with van der Waals surface area (Å²) >= 11 is 0. The van der Waals surface area contributed by atoms with Gasteiger partial charge in [-0.2, -0.15) is 0 Å². The molecule has 7 heteroatoms. The number of rotatable bonds is 4. The summed E-state index contributed by atoms with van der Waals surface area (Å²) in [6, 6.07) is 12.1. The van der Waals surface area contributed by atoms with Gasteiger partial charge in [0.05, 0.1) is 11.6 Å². The number of likely N-dealkylation sites (tertiary alicyclic amines) is 1. The van der Waals surface area contributed by atoms with E-state index in [1.54, 1.807) is 18.2 Å². The summed E-state index contributed by atoms with van der Waals surface area (Å²) in [7, 11) is 0. The molecular weight excluding hydrogens is 341 g/mol. The Morgan fingerprint density at radius 3 is 2.23 bits per heavy atom. The Kier molecular flexibility index (Phi) is 4.53. The number of amides is 1. The van der Waals surface area contributed by atoms with E-state index in [1.165, 1.54) is 30.3 Å². The maximum absolute atomic E-state index is 14.3. The minimum absolute atomic E-state index is 0.0644. The van der Waals surface area contributed by atoms with E-state index in [0.29, 0.717) is 0 Å². The molecule has 1 amide bonds. The second kappa shape index (κ2) is 6.79. The molecule has 0 spiro atoms. The van der Waals surface area contributed by atoms with E-state index >= 15 is 0 Å².